The highest BCUT2D eigenvalue weighted by molar-refractivity contribution is 5.74. The van der Waals surface area contributed by atoms with E-state index in [1.807, 2.05) is 4.90 Å². The fourth-order valence-electron chi connectivity index (χ4n) is 4.01. The van der Waals surface area contributed by atoms with Crippen molar-refractivity contribution in [3.63, 3.8) is 0 Å². The number of carbonyl (C=O) groups excluding carboxylic acids is 1. The van der Waals surface area contributed by atoms with E-state index >= 15 is 0 Å². The first-order valence-corrected chi connectivity index (χ1v) is 8.12. The first-order valence-electron chi connectivity index (χ1n) is 8.12. The van der Waals surface area contributed by atoms with E-state index in [9.17, 15) is 4.79 Å². The molecule has 4 saturated heterocycles. The summed E-state index contributed by atoms with van der Waals surface area (Å²) in [6.45, 7) is 8.36. The number of morpholine rings is 1. The van der Waals surface area contributed by atoms with Gasteiger partial charge in [0.1, 0.15) is 0 Å². The van der Waals surface area contributed by atoms with Gasteiger partial charge in [-0.25, -0.2) is 4.79 Å². The monoisotopic (exact) mass is 281 g/mol. The highest BCUT2D eigenvalue weighted by Crippen LogP contribution is 2.37. The number of nitrogens with one attached hydrogen (secondary N) is 1. The summed E-state index contributed by atoms with van der Waals surface area (Å²) in [6, 6.07) is 0.643. The number of fused-ring (bicyclic) bond motifs is 3. The Balaban J connectivity index is 1.46. The van der Waals surface area contributed by atoms with Gasteiger partial charge in [-0.05, 0) is 31.2 Å². The summed E-state index contributed by atoms with van der Waals surface area (Å²) < 4.78 is 5.28. The lowest BCUT2D eigenvalue weighted by Gasteiger charge is -2.50. The zero-order chi connectivity index (χ0) is 13.9. The molecule has 1 N–H and O–H groups in total. The van der Waals surface area contributed by atoms with E-state index < -0.39 is 0 Å². The molecule has 4 aliphatic rings. The number of rotatable bonds is 3. The molecule has 2 amide bonds. The lowest BCUT2D eigenvalue weighted by atomic mass is 9.74. The molecule has 20 heavy (non-hydrogen) atoms. The topological polar surface area (TPSA) is 44.8 Å². The van der Waals surface area contributed by atoms with E-state index in [1.54, 1.807) is 0 Å². The molecule has 0 aromatic carbocycles. The van der Waals surface area contributed by atoms with Gasteiger partial charge < -0.3 is 15.0 Å². The number of urea groups is 1. The van der Waals surface area contributed by atoms with Crippen LogP contribution in [0.15, 0.2) is 0 Å². The third-order valence-electron chi connectivity index (χ3n) is 5.33. The third-order valence-corrected chi connectivity index (χ3v) is 5.33. The molecule has 4 heterocycles. The molecule has 5 heteroatoms. The molecular formula is C15H27N3O2. The Kier molecular flexibility index (Phi) is 4.46. The zero-order valence-corrected chi connectivity index (χ0v) is 12.5. The summed E-state index contributed by atoms with van der Waals surface area (Å²) in [5.74, 6) is 1.77. The number of hydrogen-bond acceptors (Lipinski definition) is 3. The smallest absolute Gasteiger partial charge is 0.317 e. The van der Waals surface area contributed by atoms with E-state index in [4.69, 9.17) is 4.74 Å². The lowest BCUT2D eigenvalue weighted by molar-refractivity contribution is 0.000281. The van der Waals surface area contributed by atoms with Crippen LogP contribution in [0.25, 0.3) is 0 Å². The van der Waals surface area contributed by atoms with Crippen LogP contribution in [0.2, 0.25) is 0 Å². The molecule has 0 spiro atoms. The van der Waals surface area contributed by atoms with Gasteiger partial charge in [0.25, 0.3) is 0 Å². The van der Waals surface area contributed by atoms with Crippen LogP contribution in [0.5, 0.6) is 0 Å². The van der Waals surface area contributed by atoms with Gasteiger partial charge in [0.05, 0.1) is 13.2 Å². The van der Waals surface area contributed by atoms with E-state index in [0.29, 0.717) is 19.3 Å². The van der Waals surface area contributed by atoms with Gasteiger partial charge in [0, 0.05) is 32.2 Å². The first-order chi connectivity index (χ1) is 9.78. The van der Waals surface area contributed by atoms with E-state index in [-0.39, 0.29) is 6.03 Å². The molecule has 4 aliphatic heterocycles. The fourth-order valence-corrected chi connectivity index (χ4v) is 4.01. The first kappa shape index (κ1) is 14.1. The molecule has 4 atom stereocenters. The minimum Gasteiger partial charge on any atom is -0.378 e. The van der Waals surface area contributed by atoms with Crippen LogP contribution in [-0.4, -0.2) is 67.8 Å². The average Bonchev–Trinajstić information content (AvgIpc) is 2.53. The molecular weight excluding hydrogens is 254 g/mol. The Labute approximate surface area is 121 Å². The standard InChI is InChI=1S/C15H27N3O2/c1-2-12-11-18-4-3-13(12)9-14(18)10-16-15(19)17-5-7-20-8-6-17/h12-14H,2-11H2,1H3,(H,16,19). The molecule has 5 nitrogen and oxygen atoms in total. The van der Waals surface area contributed by atoms with Crippen LogP contribution in [-0.2, 0) is 4.74 Å². The summed E-state index contributed by atoms with van der Waals surface area (Å²) >= 11 is 0. The second-order valence-electron chi connectivity index (χ2n) is 6.39. The second kappa shape index (κ2) is 6.31. The van der Waals surface area contributed by atoms with Crippen LogP contribution in [0, 0.1) is 11.8 Å². The summed E-state index contributed by atoms with van der Waals surface area (Å²) in [5, 5.41) is 3.13. The lowest BCUT2D eigenvalue weighted by Crippen LogP contribution is -2.57. The van der Waals surface area contributed by atoms with Crippen molar-refractivity contribution in [3.8, 4) is 0 Å². The maximum atomic E-state index is 12.1. The number of amides is 2. The van der Waals surface area contributed by atoms with Crippen LogP contribution in [0.4, 0.5) is 4.79 Å². The van der Waals surface area contributed by atoms with Crippen molar-refractivity contribution in [2.75, 3.05) is 45.9 Å². The van der Waals surface area contributed by atoms with Crippen LogP contribution >= 0.6 is 0 Å². The SMILES string of the molecule is CCC1CN2CCC1CC2CNC(=O)N1CCOCC1. The molecule has 0 saturated carbocycles. The van der Waals surface area contributed by atoms with Gasteiger partial charge in [-0.1, -0.05) is 13.3 Å². The van der Waals surface area contributed by atoms with Gasteiger partial charge in [-0.3, -0.25) is 4.90 Å². The summed E-state index contributed by atoms with van der Waals surface area (Å²) in [7, 11) is 0. The zero-order valence-electron chi connectivity index (χ0n) is 12.5. The number of piperidine rings is 3. The average molecular weight is 281 g/mol. The number of hydrogen-bond donors (Lipinski definition) is 1. The van der Waals surface area contributed by atoms with Crippen LogP contribution in [0.1, 0.15) is 26.2 Å². The Morgan fingerprint density at radius 3 is 2.75 bits per heavy atom. The Bertz CT molecular complexity index is 344. The maximum absolute atomic E-state index is 12.1. The Hall–Kier alpha value is -0.810. The largest absolute Gasteiger partial charge is 0.378 e. The molecule has 0 aromatic heterocycles. The minimum absolute atomic E-state index is 0.0861. The second-order valence-corrected chi connectivity index (χ2v) is 6.39. The summed E-state index contributed by atoms with van der Waals surface area (Å²) in [5.41, 5.74) is 0. The Morgan fingerprint density at radius 2 is 2.10 bits per heavy atom. The quantitative estimate of drug-likeness (QED) is 0.844. The molecule has 0 radical (unpaired) electrons. The van der Waals surface area contributed by atoms with Crippen molar-refractivity contribution < 1.29 is 9.53 Å². The van der Waals surface area contributed by atoms with Crippen LogP contribution in [0.3, 0.4) is 0 Å². The minimum atomic E-state index is 0.0861. The molecule has 4 rings (SSSR count). The van der Waals surface area contributed by atoms with Crippen molar-refractivity contribution in [1.29, 1.82) is 0 Å². The van der Waals surface area contributed by atoms with E-state index in [1.165, 1.54) is 32.4 Å². The number of carbonyl (C=O) groups is 1. The van der Waals surface area contributed by atoms with Gasteiger partial charge in [0.2, 0.25) is 0 Å². The van der Waals surface area contributed by atoms with Gasteiger partial charge in [-0.15, -0.1) is 0 Å². The number of ether oxygens (including phenoxy) is 1. The van der Waals surface area contributed by atoms with Crippen molar-refractivity contribution >= 4 is 6.03 Å². The molecule has 114 valence electrons. The predicted molar refractivity (Wildman–Crippen MR) is 77.7 cm³/mol. The third kappa shape index (κ3) is 2.93. The fraction of sp³-hybridized carbons (Fsp3) is 0.933. The molecule has 4 unspecified atom stereocenters. The van der Waals surface area contributed by atoms with Gasteiger partial charge in [-0.2, -0.15) is 0 Å². The highest BCUT2D eigenvalue weighted by atomic mass is 16.5. The summed E-state index contributed by atoms with van der Waals surface area (Å²) in [4.78, 5) is 16.6. The van der Waals surface area contributed by atoms with Crippen molar-refractivity contribution in [1.82, 2.24) is 15.1 Å². The number of nitrogens with zero attached hydrogens (tertiary/aromatic N) is 2. The van der Waals surface area contributed by atoms with Crippen molar-refractivity contribution in [2.24, 2.45) is 11.8 Å². The normalized spacial score (nSPS) is 37.0. The van der Waals surface area contributed by atoms with Crippen LogP contribution < -0.4 is 5.32 Å². The molecule has 2 bridgehead atoms. The highest BCUT2D eigenvalue weighted by Gasteiger charge is 2.39. The summed E-state index contributed by atoms with van der Waals surface area (Å²) in [6.07, 6.45) is 3.92. The Morgan fingerprint density at radius 1 is 1.30 bits per heavy atom. The molecule has 4 fully saturated rings. The maximum Gasteiger partial charge on any atom is 0.317 e. The predicted octanol–water partition coefficient (Wildman–Crippen LogP) is 1.15. The van der Waals surface area contributed by atoms with E-state index in [0.717, 1.165) is 31.5 Å². The molecule has 0 aromatic rings. The van der Waals surface area contributed by atoms with Crippen molar-refractivity contribution in [2.45, 2.75) is 32.2 Å². The van der Waals surface area contributed by atoms with Crippen molar-refractivity contribution in [3.05, 3.63) is 0 Å². The molecule has 0 aliphatic carbocycles. The van der Waals surface area contributed by atoms with E-state index in [2.05, 4.69) is 17.1 Å². The van der Waals surface area contributed by atoms with Gasteiger partial charge >= 0.3 is 6.03 Å². The van der Waals surface area contributed by atoms with Gasteiger partial charge in [0.15, 0.2) is 0 Å².